The summed E-state index contributed by atoms with van der Waals surface area (Å²) < 4.78 is 27.1. The van der Waals surface area contributed by atoms with Crippen molar-refractivity contribution in [2.45, 2.75) is 26.8 Å². The number of hydrogen-bond acceptors (Lipinski definition) is 3. The van der Waals surface area contributed by atoms with Crippen molar-refractivity contribution in [1.29, 1.82) is 0 Å². The minimum absolute atomic E-state index is 0.0802. The largest absolute Gasteiger partial charge is 0.503 e. The fraction of sp³-hybridized carbons (Fsp3) is 0.238. The number of carbonyl (C=O) groups excluding carboxylic acids is 2. The van der Waals surface area contributed by atoms with E-state index < -0.39 is 40.5 Å². The lowest BCUT2D eigenvalue weighted by Crippen LogP contribution is -2.32. The van der Waals surface area contributed by atoms with Crippen LogP contribution in [-0.4, -0.2) is 16.8 Å². The molecule has 6 heteroatoms. The second-order valence-corrected chi connectivity index (χ2v) is 7.45. The Balaban J connectivity index is 2.21. The van der Waals surface area contributed by atoms with Crippen molar-refractivity contribution in [3.63, 3.8) is 0 Å². The zero-order valence-corrected chi connectivity index (χ0v) is 15.2. The SMILES string of the molecule is CC(C)(C)C(=O)C1=C(O)C(=O)N(c2cccc(F)c2)C1c1ccc(F)cc1. The number of anilines is 1. The van der Waals surface area contributed by atoms with Crippen LogP contribution in [0.3, 0.4) is 0 Å². The number of aliphatic hydroxyl groups excluding tert-OH is 1. The molecule has 140 valence electrons. The predicted molar refractivity (Wildman–Crippen MR) is 97.1 cm³/mol. The first-order valence-corrected chi connectivity index (χ1v) is 8.44. The standard InChI is InChI=1S/C21H19F2NO3/c1-21(2,3)19(26)16-17(12-7-9-13(22)10-8-12)24(20(27)18(16)25)15-6-4-5-14(23)11-15/h4-11,17,25H,1-3H3. The molecule has 0 spiro atoms. The van der Waals surface area contributed by atoms with Crippen LogP contribution in [0.25, 0.3) is 0 Å². The number of hydrogen-bond donors (Lipinski definition) is 1. The van der Waals surface area contributed by atoms with E-state index in [1.165, 1.54) is 42.5 Å². The molecule has 1 unspecified atom stereocenters. The van der Waals surface area contributed by atoms with E-state index in [1.807, 2.05) is 0 Å². The lowest BCUT2D eigenvalue weighted by molar-refractivity contribution is -0.123. The summed E-state index contributed by atoms with van der Waals surface area (Å²) in [5.41, 5.74) is -0.313. The number of carbonyl (C=O) groups is 2. The van der Waals surface area contributed by atoms with Gasteiger partial charge in [-0.25, -0.2) is 8.78 Å². The number of amides is 1. The van der Waals surface area contributed by atoms with Crippen molar-refractivity contribution < 1.29 is 23.5 Å². The molecular formula is C21H19F2NO3. The van der Waals surface area contributed by atoms with Crippen LogP contribution in [0.2, 0.25) is 0 Å². The van der Waals surface area contributed by atoms with Crippen molar-refractivity contribution in [2.75, 3.05) is 4.90 Å². The summed E-state index contributed by atoms with van der Waals surface area (Å²) in [4.78, 5) is 26.9. The molecule has 0 aliphatic carbocycles. The van der Waals surface area contributed by atoms with Gasteiger partial charge in [-0.3, -0.25) is 14.5 Å². The second-order valence-electron chi connectivity index (χ2n) is 7.45. The van der Waals surface area contributed by atoms with Crippen LogP contribution >= 0.6 is 0 Å². The number of rotatable bonds is 3. The van der Waals surface area contributed by atoms with Crippen LogP contribution in [-0.2, 0) is 9.59 Å². The van der Waals surface area contributed by atoms with Crippen LogP contribution in [0.15, 0.2) is 59.9 Å². The van der Waals surface area contributed by atoms with Crippen LogP contribution < -0.4 is 4.90 Å². The van der Waals surface area contributed by atoms with Crippen molar-refractivity contribution in [3.8, 4) is 0 Å². The Morgan fingerprint density at radius 1 is 1.04 bits per heavy atom. The topological polar surface area (TPSA) is 57.6 Å². The van der Waals surface area contributed by atoms with Gasteiger partial charge in [0, 0.05) is 11.1 Å². The van der Waals surface area contributed by atoms with Crippen molar-refractivity contribution in [1.82, 2.24) is 0 Å². The smallest absolute Gasteiger partial charge is 0.294 e. The van der Waals surface area contributed by atoms with Gasteiger partial charge < -0.3 is 5.11 Å². The lowest BCUT2D eigenvalue weighted by Gasteiger charge is -2.29. The van der Waals surface area contributed by atoms with Gasteiger partial charge in [0.2, 0.25) is 0 Å². The van der Waals surface area contributed by atoms with Gasteiger partial charge in [-0.1, -0.05) is 39.0 Å². The molecule has 0 fully saturated rings. The molecule has 4 nitrogen and oxygen atoms in total. The number of aliphatic hydroxyl groups is 1. The first-order valence-electron chi connectivity index (χ1n) is 8.44. The molecular weight excluding hydrogens is 352 g/mol. The first kappa shape index (κ1) is 18.8. The van der Waals surface area contributed by atoms with Crippen LogP contribution in [0.5, 0.6) is 0 Å². The highest BCUT2D eigenvalue weighted by Crippen LogP contribution is 2.43. The molecule has 1 N–H and O–H groups in total. The summed E-state index contributed by atoms with van der Waals surface area (Å²) >= 11 is 0. The van der Waals surface area contributed by atoms with Gasteiger partial charge in [0.1, 0.15) is 11.6 Å². The van der Waals surface area contributed by atoms with Crippen molar-refractivity contribution >= 4 is 17.4 Å². The Bertz CT molecular complexity index is 943. The second kappa shape index (κ2) is 6.61. The molecule has 0 radical (unpaired) electrons. The summed E-state index contributed by atoms with van der Waals surface area (Å²) in [7, 11) is 0. The van der Waals surface area contributed by atoms with E-state index >= 15 is 0 Å². The Morgan fingerprint density at radius 2 is 1.67 bits per heavy atom. The minimum atomic E-state index is -0.980. The molecule has 0 aromatic heterocycles. The van der Waals surface area contributed by atoms with Crippen LogP contribution in [0.4, 0.5) is 14.5 Å². The lowest BCUT2D eigenvalue weighted by atomic mass is 9.82. The van der Waals surface area contributed by atoms with Crippen LogP contribution in [0.1, 0.15) is 32.4 Å². The van der Waals surface area contributed by atoms with Gasteiger partial charge in [0.25, 0.3) is 5.91 Å². The average molecular weight is 371 g/mol. The molecule has 2 aromatic carbocycles. The number of ketones is 1. The Kier molecular flexibility index (Phi) is 4.59. The molecule has 1 amide bonds. The molecule has 0 bridgehead atoms. The molecule has 1 aliphatic rings. The zero-order valence-electron chi connectivity index (χ0n) is 15.2. The average Bonchev–Trinajstić information content (AvgIpc) is 2.85. The molecule has 27 heavy (non-hydrogen) atoms. The maximum Gasteiger partial charge on any atom is 0.294 e. The highest BCUT2D eigenvalue weighted by atomic mass is 19.1. The van der Waals surface area contributed by atoms with E-state index in [2.05, 4.69) is 0 Å². The third-order valence-corrected chi connectivity index (χ3v) is 4.41. The van der Waals surface area contributed by atoms with E-state index in [-0.39, 0.29) is 11.3 Å². The monoisotopic (exact) mass is 371 g/mol. The Morgan fingerprint density at radius 3 is 2.22 bits per heavy atom. The normalized spacial score (nSPS) is 17.6. The molecule has 1 atom stereocenters. The predicted octanol–water partition coefficient (Wildman–Crippen LogP) is 4.48. The van der Waals surface area contributed by atoms with Gasteiger partial charge in [-0.05, 0) is 35.9 Å². The van der Waals surface area contributed by atoms with E-state index in [4.69, 9.17) is 0 Å². The third-order valence-electron chi connectivity index (χ3n) is 4.41. The molecule has 0 saturated heterocycles. The molecule has 1 heterocycles. The molecule has 0 saturated carbocycles. The number of nitrogens with zero attached hydrogens (tertiary/aromatic N) is 1. The Labute approximate surface area is 155 Å². The van der Waals surface area contributed by atoms with E-state index in [0.717, 1.165) is 11.0 Å². The maximum atomic E-state index is 13.7. The van der Waals surface area contributed by atoms with Gasteiger partial charge in [-0.15, -0.1) is 0 Å². The minimum Gasteiger partial charge on any atom is -0.503 e. The number of Topliss-reactive ketones (excluding diaryl/α,β-unsaturated/α-hetero) is 1. The first-order chi connectivity index (χ1) is 12.6. The van der Waals surface area contributed by atoms with Gasteiger partial charge in [0.15, 0.2) is 11.5 Å². The quantitative estimate of drug-likeness (QED) is 0.865. The summed E-state index contributed by atoms with van der Waals surface area (Å²) in [5, 5.41) is 10.5. The van der Waals surface area contributed by atoms with E-state index in [0.29, 0.717) is 5.56 Å². The van der Waals surface area contributed by atoms with Gasteiger partial charge >= 0.3 is 0 Å². The molecule has 1 aliphatic heterocycles. The highest BCUT2D eigenvalue weighted by molar-refractivity contribution is 6.17. The van der Waals surface area contributed by atoms with Crippen molar-refractivity contribution in [2.24, 2.45) is 5.41 Å². The third kappa shape index (κ3) is 3.35. The maximum absolute atomic E-state index is 13.7. The molecule has 3 rings (SSSR count). The van der Waals surface area contributed by atoms with E-state index in [9.17, 15) is 23.5 Å². The van der Waals surface area contributed by atoms with E-state index in [1.54, 1.807) is 20.8 Å². The van der Waals surface area contributed by atoms with Crippen molar-refractivity contribution in [3.05, 3.63) is 77.1 Å². The fourth-order valence-electron chi connectivity index (χ4n) is 3.09. The van der Waals surface area contributed by atoms with Gasteiger partial charge in [-0.2, -0.15) is 0 Å². The Hall–Kier alpha value is -3.02. The summed E-state index contributed by atoms with van der Waals surface area (Å²) in [6, 6.07) is 9.62. The van der Waals surface area contributed by atoms with Gasteiger partial charge in [0.05, 0.1) is 11.6 Å². The summed E-state index contributed by atoms with van der Waals surface area (Å²) in [5.74, 6) is -2.93. The highest BCUT2D eigenvalue weighted by Gasteiger charge is 2.46. The number of benzene rings is 2. The number of halogens is 2. The fourth-order valence-corrected chi connectivity index (χ4v) is 3.09. The van der Waals surface area contributed by atoms with Crippen LogP contribution in [0, 0.1) is 17.0 Å². The summed E-state index contributed by atoms with van der Waals surface area (Å²) in [6.45, 7) is 5.02. The molecule has 2 aromatic rings. The summed E-state index contributed by atoms with van der Waals surface area (Å²) in [6.07, 6.45) is 0. The zero-order chi connectivity index (χ0) is 19.9.